The van der Waals surface area contributed by atoms with Crippen LogP contribution in [0.1, 0.15) is 0 Å². The van der Waals surface area contributed by atoms with E-state index in [1.165, 1.54) is 74.0 Å². The first kappa shape index (κ1) is 63.3. The van der Waals surface area contributed by atoms with Gasteiger partial charge in [-0.15, -0.1) is 11.3 Å². The van der Waals surface area contributed by atoms with E-state index < -0.39 is 0 Å². The lowest BCUT2D eigenvalue weighted by atomic mass is 9.93. The highest BCUT2D eigenvalue weighted by Crippen LogP contribution is 2.46. The molecule has 0 spiro atoms. The van der Waals surface area contributed by atoms with Crippen LogP contribution in [-0.4, -0.2) is 29.9 Å². The van der Waals surface area contributed by atoms with Crippen molar-refractivity contribution in [3.8, 4) is 90.6 Å². The Hall–Kier alpha value is -14.8. The number of rotatable bonds is 8. The van der Waals surface area contributed by atoms with Gasteiger partial charge in [-0.05, 0) is 166 Å². The lowest BCUT2D eigenvalue weighted by molar-refractivity contribution is 0.668. The Morgan fingerprint density at radius 3 is 1.02 bits per heavy atom. The van der Waals surface area contributed by atoms with Gasteiger partial charge in [0, 0.05) is 85.9 Å². The summed E-state index contributed by atoms with van der Waals surface area (Å²) < 4.78 is 21.5. The molecule has 9 nitrogen and oxygen atoms in total. The maximum absolute atomic E-state index is 6.29. The van der Waals surface area contributed by atoms with Crippen LogP contribution in [0.5, 0.6) is 0 Å². The van der Waals surface area contributed by atoms with Crippen molar-refractivity contribution in [2.75, 3.05) is 0 Å². The molecule has 0 N–H and O–H groups in total. The number of nitrogens with zero attached hydrogens (tertiary/aromatic N) is 6. The maximum Gasteiger partial charge on any atom is 0.164 e. The third-order valence-electron chi connectivity index (χ3n) is 22.2. The van der Waals surface area contributed by atoms with Crippen molar-refractivity contribution in [2.24, 2.45) is 0 Å². The predicted molar refractivity (Wildman–Crippen MR) is 463 cm³/mol. The molecule has 520 valence electrons. The van der Waals surface area contributed by atoms with Crippen molar-refractivity contribution < 1.29 is 13.3 Å². The molecule has 0 aliphatic heterocycles. The summed E-state index contributed by atoms with van der Waals surface area (Å²) in [5.74, 6) is 3.63. The van der Waals surface area contributed by atoms with Crippen molar-refractivity contribution in [1.82, 2.24) is 29.9 Å². The molecule has 0 amide bonds. The standard InChI is InChI=1S/C51H29N3O2.C51H29N3OS/c1-2-10-30(11-3-1)32-12-8-13-34(28-32)49-52-50(54-51(53-49)41-16-9-19-44-48(41)40-15-5-7-18-43(40)55-44)35-23-24-36-33(29-35)21-20-31-22-25-38-37(46(31)36)26-27-45-47(38)39-14-4-6-17-42(39)56-45;1-2-10-30(11-3-1)32-12-8-13-34(28-32)49-52-50(54-51(53-49)41-16-9-18-43-47(41)39-14-4-6-17-42(39)55-43)35-23-24-36-33(29-35)21-20-31-22-25-38-37(46(31)36)26-27-45-48(38)40-15-5-7-19-44(40)56-45/h2*1-29H. The van der Waals surface area contributed by atoms with Crippen LogP contribution in [0.15, 0.2) is 365 Å². The van der Waals surface area contributed by atoms with Crippen LogP contribution in [0.2, 0.25) is 0 Å². The highest BCUT2D eigenvalue weighted by Gasteiger charge is 2.23. The molecule has 24 rings (SSSR count). The molecule has 10 heteroatoms. The maximum atomic E-state index is 6.29. The first-order chi connectivity index (χ1) is 55.5. The van der Waals surface area contributed by atoms with Gasteiger partial charge in [0.25, 0.3) is 0 Å². The van der Waals surface area contributed by atoms with Crippen LogP contribution in [0, 0.1) is 0 Å². The van der Waals surface area contributed by atoms with Gasteiger partial charge < -0.3 is 13.3 Å². The highest BCUT2D eigenvalue weighted by molar-refractivity contribution is 7.26. The lowest BCUT2D eigenvalue weighted by Crippen LogP contribution is -2.00. The first-order valence-corrected chi connectivity index (χ1v) is 38.3. The Kier molecular flexibility index (Phi) is 14.3. The molecule has 6 heterocycles. The minimum atomic E-state index is 0.591. The molecule has 0 unspecified atom stereocenters. The number of benzene rings is 18. The SMILES string of the molecule is c1ccc(-c2cccc(-c3nc(-c4ccc5c(ccc6ccc7c(ccc8oc9ccccc9c87)c65)c4)nc(-c4cccc5oc6ccccc6c45)n3)c2)cc1.c1ccc(-c2cccc(-c3nc(-c4ccc5c(ccc6ccc7c(ccc8sc9ccccc9c87)c65)c4)nc(-c4cccc5oc6ccccc6c45)n3)c2)cc1. The number of furan rings is 3. The quantitative estimate of drug-likeness (QED) is 0.137. The second-order valence-corrected chi connectivity index (χ2v) is 29.7. The minimum Gasteiger partial charge on any atom is -0.456 e. The normalized spacial score (nSPS) is 11.9. The smallest absolute Gasteiger partial charge is 0.164 e. The second kappa shape index (κ2) is 25.4. The molecule has 0 fully saturated rings. The van der Waals surface area contributed by atoms with Gasteiger partial charge in [0.15, 0.2) is 34.9 Å². The molecular weight excluding hydrogens is 1390 g/mol. The van der Waals surface area contributed by atoms with E-state index in [-0.39, 0.29) is 0 Å². The molecule has 24 aromatic rings. The zero-order chi connectivity index (χ0) is 73.5. The first-order valence-electron chi connectivity index (χ1n) is 37.5. The fourth-order valence-electron chi connectivity index (χ4n) is 17.0. The molecule has 18 aromatic carbocycles. The number of aromatic nitrogens is 6. The molecule has 0 saturated carbocycles. The third-order valence-corrected chi connectivity index (χ3v) is 23.3. The molecule has 0 saturated heterocycles. The van der Waals surface area contributed by atoms with Crippen LogP contribution in [0.4, 0.5) is 0 Å². The third kappa shape index (κ3) is 10.4. The van der Waals surface area contributed by atoms with Gasteiger partial charge in [-0.1, -0.05) is 273 Å². The van der Waals surface area contributed by atoms with Crippen LogP contribution < -0.4 is 0 Å². The molecule has 0 aliphatic carbocycles. The average Bonchev–Trinajstić information content (AvgIpc) is 1.32. The van der Waals surface area contributed by atoms with Crippen molar-refractivity contribution in [3.05, 3.63) is 352 Å². The van der Waals surface area contributed by atoms with Gasteiger partial charge in [-0.2, -0.15) is 0 Å². The van der Waals surface area contributed by atoms with Gasteiger partial charge in [-0.25, -0.2) is 29.9 Å². The van der Waals surface area contributed by atoms with E-state index in [0.29, 0.717) is 34.9 Å². The van der Waals surface area contributed by atoms with Gasteiger partial charge in [0.2, 0.25) is 0 Å². The van der Waals surface area contributed by atoms with Crippen LogP contribution in [0.3, 0.4) is 0 Å². The summed E-state index contributed by atoms with van der Waals surface area (Å²) in [7, 11) is 0. The Labute approximate surface area is 643 Å². The van der Waals surface area contributed by atoms with E-state index in [1.807, 2.05) is 96.3 Å². The summed E-state index contributed by atoms with van der Waals surface area (Å²) in [4.78, 5) is 31.2. The van der Waals surface area contributed by atoms with Crippen molar-refractivity contribution in [2.45, 2.75) is 0 Å². The number of fused-ring (bicyclic) bond motifs is 24. The predicted octanol–water partition coefficient (Wildman–Crippen LogP) is 28.1. The van der Waals surface area contributed by atoms with Crippen LogP contribution in [-0.2, 0) is 0 Å². The van der Waals surface area contributed by atoms with E-state index in [4.69, 9.17) is 43.2 Å². The fourth-order valence-corrected chi connectivity index (χ4v) is 18.2. The van der Waals surface area contributed by atoms with Crippen molar-refractivity contribution in [1.29, 1.82) is 0 Å². The Morgan fingerprint density at radius 2 is 0.509 bits per heavy atom. The lowest BCUT2D eigenvalue weighted by Gasteiger charge is -2.12. The zero-order valence-electron chi connectivity index (χ0n) is 59.8. The molecule has 112 heavy (non-hydrogen) atoms. The molecule has 0 aliphatic rings. The summed E-state index contributed by atoms with van der Waals surface area (Å²) >= 11 is 1.86. The van der Waals surface area contributed by atoms with Crippen molar-refractivity contribution >= 4 is 162 Å². The number of para-hydroxylation sites is 3. The van der Waals surface area contributed by atoms with Crippen LogP contribution in [0.25, 0.3) is 241 Å². The summed E-state index contributed by atoms with van der Waals surface area (Å²) in [6.07, 6.45) is 0. The van der Waals surface area contributed by atoms with E-state index in [2.05, 4.69) is 267 Å². The Bertz CT molecular complexity index is 7570. The zero-order valence-corrected chi connectivity index (χ0v) is 60.6. The molecule has 6 aromatic heterocycles. The second-order valence-electron chi connectivity index (χ2n) is 28.7. The van der Waals surface area contributed by atoms with E-state index in [1.54, 1.807) is 0 Å². The largest absolute Gasteiger partial charge is 0.456 e. The number of hydrogen-bond donors (Lipinski definition) is 0. The summed E-state index contributed by atoms with van der Waals surface area (Å²) in [6, 6.07) is 123. The number of hydrogen-bond acceptors (Lipinski definition) is 10. The Balaban J connectivity index is 0.000000134. The van der Waals surface area contributed by atoms with Gasteiger partial charge in [0.05, 0.1) is 0 Å². The topological polar surface area (TPSA) is 117 Å². The monoisotopic (exact) mass is 1450 g/mol. The average molecular weight is 1450 g/mol. The van der Waals surface area contributed by atoms with Crippen LogP contribution >= 0.6 is 11.3 Å². The molecule has 0 bridgehead atoms. The van der Waals surface area contributed by atoms with Crippen molar-refractivity contribution in [3.63, 3.8) is 0 Å². The molecule has 0 radical (unpaired) electrons. The number of thiophene rings is 1. The molecular formula is C102H58N6O3S. The minimum absolute atomic E-state index is 0.591. The highest BCUT2D eigenvalue weighted by atomic mass is 32.1. The van der Waals surface area contributed by atoms with E-state index >= 15 is 0 Å². The van der Waals surface area contributed by atoms with Gasteiger partial charge >= 0.3 is 0 Å². The van der Waals surface area contributed by atoms with E-state index in [9.17, 15) is 0 Å². The van der Waals surface area contributed by atoms with Gasteiger partial charge in [0.1, 0.15) is 33.5 Å². The summed E-state index contributed by atoms with van der Waals surface area (Å²) in [5, 5.41) is 23.4. The summed E-state index contributed by atoms with van der Waals surface area (Å²) in [6.45, 7) is 0. The van der Waals surface area contributed by atoms with Gasteiger partial charge in [-0.3, -0.25) is 0 Å². The van der Waals surface area contributed by atoms with E-state index in [0.717, 1.165) is 132 Å². The Morgan fingerprint density at radius 1 is 0.170 bits per heavy atom. The fraction of sp³-hybridized carbons (Fsp3) is 0. The summed E-state index contributed by atoms with van der Waals surface area (Å²) in [5.41, 5.74) is 15.0. The molecule has 0 atom stereocenters.